The minimum absolute atomic E-state index is 0.179. The molecule has 0 spiro atoms. The van der Waals surface area contributed by atoms with Crippen LogP contribution in [0.3, 0.4) is 0 Å². The van der Waals surface area contributed by atoms with Crippen LogP contribution in [0, 0.1) is 11.8 Å². The second-order valence-corrected chi connectivity index (χ2v) is 5.86. The Hall–Kier alpha value is -0.570. The summed E-state index contributed by atoms with van der Waals surface area (Å²) in [5, 5.41) is 9.15. The van der Waals surface area contributed by atoms with Gasteiger partial charge < -0.3 is 5.11 Å². The van der Waals surface area contributed by atoms with Gasteiger partial charge in [0.05, 0.1) is 5.92 Å². The minimum Gasteiger partial charge on any atom is -0.481 e. The highest BCUT2D eigenvalue weighted by atomic mass is 16.4. The molecule has 0 radical (unpaired) electrons. The zero-order valence-electron chi connectivity index (χ0n) is 11.1. The van der Waals surface area contributed by atoms with Crippen molar-refractivity contribution in [2.75, 3.05) is 6.54 Å². The number of hydrogen-bond donors (Lipinski definition) is 1. The molecule has 2 rings (SSSR count). The summed E-state index contributed by atoms with van der Waals surface area (Å²) in [7, 11) is 0. The van der Waals surface area contributed by atoms with Gasteiger partial charge in [0, 0.05) is 12.1 Å². The van der Waals surface area contributed by atoms with Gasteiger partial charge in [0.15, 0.2) is 0 Å². The largest absolute Gasteiger partial charge is 0.481 e. The van der Waals surface area contributed by atoms with Crippen LogP contribution in [0.25, 0.3) is 0 Å². The van der Waals surface area contributed by atoms with E-state index in [0.717, 1.165) is 12.5 Å². The molecule has 2 aliphatic rings. The number of carboxylic acid groups (broad SMARTS) is 1. The van der Waals surface area contributed by atoms with Gasteiger partial charge in [-0.05, 0) is 45.1 Å². The Morgan fingerprint density at radius 2 is 1.82 bits per heavy atom. The fourth-order valence-corrected chi connectivity index (χ4v) is 3.66. The van der Waals surface area contributed by atoms with Crippen LogP contribution in [0.5, 0.6) is 0 Å². The number of aliphatic carboxylic acids is 1. The summed E-state index contributed by atoms with van der Waals surface area (Å²) >= 11 is 0. The van der Waals surface area contributed by atoms with E-state index in [4.69, 9.17) is 5.11 Å². The van der Waals surface area contributed by atoms with Crippen LogP contribution in [0.2, 0.25) is 0 Å². The summed E-state index contributed by atoms with van der Waals surface area (Å²) in [5.41, 5.74) is 0. The van der Waals surface area contributed by atoms with Gasteiger partial charge in [-0.1, -0.05) is 19.8 Å². The first kappa shape index (κ1) is 12.9. The average molecular weight is 239 g/mol. The standard InChI is InChI=1S/C14H25NO2/c1-10(14(16)17)11(2)15-9-5-7-12-6-3-4-8-13(12)15/h10-13H,3-9H2,1-2H3,(H,16,17)/t10?,11?,12-,13-/m1/s1. The monoisotopic (exact) mass is 239 g/mol. The molecule has 0 amide bonds. The second-order valence-electron chi connectivity index (χ2n) is 5.86. The highest BCUT2D eigenvalue weighted by Crippen LogP contribution is 2.37. The van der Waals surface area contributed by atoms with Crippen molar-refractivity contribution >= 4 is 5.97 Å². The lowest BCUT2D eigenvalue weighted by Gasteiger charge is -2.47. The lowest BCUT2D eigenvalue weighted by molar-refractivity contribution is -0.144. The quantitative estimate of drug-likeness (QED) is 0.823. The molecule has 98 valence electrons. The van der Waals surface area contributed by atoms with E-state index in [2.05, 4.69) is 11.8 Å². The molecule has 0 bridgehead atoms. The molecule has 2 unspecified atom stereocenters. The predicted molar refractivity (Wildman–Crippen MR) is 67.9 cm³/mol. The average Bonchev–Trinajstić information content (AvgIpc) is 2.36. The molecule has 17 heavy (non-hydrogen) atoms. The predicted octanol–water partition coefficient (Wildman–Crippen LogP) is 2.75. The number of hydrogen-bond acceptors (Lipinski definition) is 2. The van der Waals surface area contributed by atoms with Crippen LogP contribution in [0.1, 0.15) is 52.4 Å². The summed E-state index contributed by atoms with van der Waals surface area (Å²) in [6.07, 6.45) is 7.94. The molecule has 0 aromatic heterocycles. The van der Waals surface area contributed by atoms with E-state index in [1.165, 1.54) is 38.5 Å². The Kier molecular flexibility index (Phi) is 4.08. The highest BCUT2D eigenvalue weighted by molar-refractivity contribution is 5.70. The summed E-state index contributed by atoms with van der Waals surface area (Å²) in [6.45, 7) is 5.04. The molecule has 1 N–H and O–H groups in total. The van der Waals surface area contributed by atoms with Crippen LogP contribution in [0.15, 0.2) is 0 Å². The van der Waals surface area contributed by atoms with Crippen molar-refractivity contribution in [3.05, 3.63) is 0 Å². The van der Waals surface area contributed by atoms with Crippen molar-refractivity contribution in [2.24, 2.45) is 11.8 Å². The molecular weight excluding hydrogens is 214 g/mol. The Balaban J connectivity index is 2.05. The van der Waals surface area contributed by atoms with Crippen molar-refractivity contribution in [1.82, 2.24) is 4.90 Å². The maximum atomic E-state index is 11.1. The van der Waals surface area contributed by atoms with Crippen molar-refractivity contribution in [1.29, 1.82) is 0 Å². The van der Waals surface area contributed by atoms with Crippen LogP contribution >= 0.6 is 0 Å². The summed E-state index contributed by atoms with van der Waals surface area (Å²) in [5.74, 6) is -0.0768. The van der Waals surface area contributed by atoms with Gasteiger partial charge in [0.2, 0.25) is 0 Å². The first-order valence-corrected chi connectivity index (χ1v) is 7.10. The molecule has 1 aliphatic carbocycles. The van der Waals surface area contributed by atoms with Crippen LogP contribution < -0.4 is 0 Å². The molecule has 1 saturated heterocycles. The zero-order chi connectivity index (χ0) is 12.4. The van der Waals surface area contributed by atoms with E-state index in [1.54, 1.807) is 0 Å². The van der Waals surface area contributed by atoms with E-state index in [1.807, 2.05) is 6.92 Å². The highest BCUT2D eigenvalue weighted by Gasteiger charge is 2.37. The summed E-state index contributed by atoms with van der Waals surface area (Å²) in [4.78, 5) is 13.6. The number of likely N-dealkylation sites (tertiary alicyclic amines) is 1. The molecule has 1 heterocycles. The molecule has 2 fully saturated rings. The molecule has 1 saturated carbocycles. The first-order chi connectivity index (χ1) is 8.11. The number of nitrogens with zero attached hydrogens (tertiary/aromatic N) is 1. The normalized spacial score (nSPS) is 33.8. The number of rotatable bonds is 3. The molecule has 4 atom stereocenters. The third kappa shape index (κ3) is 2.65. The fraction of sp³-hybridized carbons (Fsp3) is 0.929. The van der Waals surface area contributed by atoms with Crippen molar-refractivity contribution < 1.29 is 9.90 Å². The molecule has 3 nitrogen and oxygen atoms in total. The molecule has 0 aromatic carbocycles. The number of piperidine rings is 1. The lowest BCUT2D eigenvalue weighted by Crippen LogP contribution is -2.53. The van der Waals surface area contributed by atoms with Crippen molar-refractivity contribution in [2.45, 2.75) is 64.5 Å². The van der Waals surface area contributed by atoms with E-state index in [-0.39, 0.29) is 12.0 Å². The van der Waals surface area contributed by atoms with Gasteiger partial charge >= 0.3 is 5.97 Å². The van der Waals surface area contributed by atoms with Crippen molar-refractivity contribution in [3.63, 3.8) is 0 Å². The Bertz CT molecular complexity index is 277. The van der Waals surface area contributed by atoms with Gasteiger partial charge in [-0.3, -0.25) is 9.69 Å². The van der Waals surface area contributed by atoms with E-state index >= 15 is 0 Å². The first-order valence-electron chi connectivity index (χ1n) is 7.10. The number of fused-ring (bicyclic) bond motifs is 1. The summed E-state index contributed by atoms with van der Waals surface area (Å²) in [6, 6.07) is 0.840. The lowest BCUT2D eigenvalue weighted by atomic mass is 9.77. The van der Waals surface area contributed by atoms with Gasteiger partial charge in [-0.2, -0.15) is 0 Å². The Labute approximate surface area is 104 Å². The van der Waals surface area contributed by atoms with Gasteiger partial charge in [-0.15, -0.1) is 0 Å². The fourth-order valence-electron chi connectivity index (χ4n) is 3.66. The van der Waals surface area contributed by atoms with Crippen molar-refractivity contribution in [3.8, 4) is 0 Å². The third-order valence-corrected chi connectivity index (χ3v) is 4.92. The smallest absolute Gasteiger partial charge is 0.307 e. The van der Waals surface area contributed by atoms with Gasteiger partial charge in [0.1, 0.15) is 0 Å². The van der Waals surface area contributed by atoms with Crippen LogP contribution in [-0.2, 0) is 4.79 Å². The van der Waals surface area contributed by atoms with Crippen LogP contribution in [0.4, 0.5) is 0 Å². The second kappa shape index (κ2) is 5.38. The maximum Gasteiger partial charge on any atom is 0.307 e. The Morgan fingerprint density at radius 1 is 1.18 bits per heavy atom. The molecular formula is C14H25NO2. The van der Waals surface area contributed by atoms with Crippen LogP contribution in [-0.4, -0.2) is 34.6 Å². The van der Waals surface area contributed by atoms with Gasteiger partial charge in [-0.25, -0.2) is 0 Å². The molecule has 1 aliphatic heterocycles. The molecule has 0 aromatic rings. The Morgan fingerprint density at radius 3 is 2.53 bits per heavy atom. The topological polar surface area (TPSA) is 40.5 Å². The van der Waals surface area contributed by atoms with E-state index < -0.39 is 5.97 Å². The maximum absolute atomic E-state index is 11.1. The SMILES string of the molecule is CC(C(=O)O)C(C)N1CCC[C@H]2CCCC[C@H]21. The zero-order valence-corrected chi connectivity index (χ0v) is 11.1. The number of carbonyl (C=O) groups is 1. The van der Waals surface area contributed by atoms with E-state index in [9.17, 15) is 4.79 Å². The summed E-state index contributed by atoms with van der Waals surface area (Å²) < 4.78 is 0. The van der Waals surface area contributed by atoms with E-state index in [0.29, 0.717) is 6.04 Å². The van der Waals surface area contributed by atoms with Gasteiger partial charge in [0.25, 0.3) is 0 Å². The molecule has 3 heteroatoms. The minimum atomic E-state index is -0.657. The number of carboxylic acids is 1. The third-order valence-electron chi connectivity index (χ3n) is 4.92.